The Kier molecular flexibility index (Phi) is 6.76. The third-order valence-corrected chi connectivity index (χ3v) is 3.63. The molecule has 1 aromatic heterocycles. The normalized spacial score (nSPS) is 11.5. The van der Waals surface area contributed by atoms with E-state index in [9.17, 15) is 22.4 Å². The van der Waals surface area contributed by atoms with E-state index in [4.69, 9.17) is 4.74 Å². The van der Waals surface area contributed by atoms with Gasteiger partial charge in [0.15, 0.2) is 0 Å². The van der Waals surface area contributed by atoms with Crippen molar-refractivity contribution < 1.29 is 27.1 Å². The molecule has 4 nitrogen and oxygen atoms in total. The van der Waals surface area contributed by atoms with Gasteiger partial charge in [-0.05, 0) is 35.7 Å². The lowest BCUT2D eigenvalue weighted by atomic mass is 10.2. The summed E-state index contributed by atoms with van der Waals surface area (Å²) in [6.45, 7) is 4.60. The smallest absolute Gasteiger partial charge is 0.419 e. The number of amides is 1. The van der Waals surface area contributed by atoms with E-state index in [2.05, 4.69) is 10.3 Å². The van der Waals surface area contributed by atoms with E-state index in [1.165, 1.54) is 6.20 Å². The van der Waals surface area contributed by atoms with E-state index in [1.54, 1.807) is 12.1 Å². The van der Waals surface area contributed by atoms with Crippen LogP contribution in [-0.2, 0) is 12.6 Å². The van der Waals surface area contributed by atoms with Crippen LogP contribution >= 0.6 is 0 Å². The molecule has 0 bridgehead atoms. The Morgan fingerprint density at radius 3 is 2.56 bits per heavy atom. The van der Waals surface area contributed by atoms with Crippen molar-refractivity contribution in [2.24, 2.45) is 5.92 Å². The number of aromatic nitrogens is 1. The summed E-state index contributed by atoms with van der Waals surface area (Å²) in [7, 11) is 0. The second-order valence-corrected chi connectivity index (χ2v) is 6.39. The third-order valence-electron chi connectivity index (χ3n) is 3.63. The van der Waals surface area contributed by atoms with Crippen LogP contribution in [0.4, 0.5) is 17.6 Å². The van der Waals surface area contributed by atoms with Gasteiger partial charge in [-0.2, -0.15) is 13.2 Å². The van der Waals surface area contributed by atoms with E-state index in [0.29, 0.717) is 24.9 Å². The highest BCUT2D eigenvalue weighted by Gasteiger charge is 2.34. The Morgan fingerprint density at radius 2 is 1.96 bits per heavy atom. The van der Waals surface area contributed by atoms with Gasteiger partial charge in [0.05, 0.1) is 12.2 Å². The van der Waals surface area contributed by atoms with E-state index in [-0.39, 0.29) is 24.0 Å². The maximum absolute atomic E-state index is 13.2. The van der Waals surface area contributed by atoms with Gasteiger partial charge in [-0.3, -0.25) is 9.78 Å². The lowest BCUT2D eigenvalue weighted by Gasteiger charge is -2.11. The number of alkyl halides is 3. The van der Waals surface area contributed by atoms with Gasteiger partial charge in [-0.25, -0.2) is 4.39 Å². The Bertz CT molecular complexity index is 774. The average Bonchev–Trinajstić information content (AvgIpc) is 2.60. The van der Waals surface area contributed by atoms with Crippen molar-refractivity contribution in [1.29, 1.82) is 0 Å². The summed E-state index contributed by atoms with van der Waals surface area (Å²) >= 11 is 0. The highest BCUT2D eigenvalue weighted by atomic mass is 19.4. The zero-order chi connectivity index (χ0) is 20.0. The Morgan fingerprint density at radius 1 is 1.22 bits per heavy atom. The number of pyridine rings is 1. The van der Waals surface area contributed by atoms with E-state index < -0.39 is 17.6 Å². The third kappa shape index (κ3) is 6.23. The van der Waals surface area contributed by atoms with Crippen LogP contribution in [0.2, 0.25) is 0 Å². The van der Waals surface area contributed by atoms with Crippen LogP contribution in [0, 0.1) is 11.7 Å². The molecule has 0 saturated heterocycles. The fourth-order valence-corrected chi connectivity index (χ4v) is 2.19. The predicted molar refractivity (Wildman–Crippen MR) is 92.0 cm³/mol. The molecule has 0 spiro atoms. The Hall–Kier alpha value is -2.64. The first-order valence-electron chi connectivity index (χ1n) is 8.39. The predicted octanol–water partition coefficient (Wildman–Crippen LogP) is 4.25. The van der Waals surface area contributed by atoms with Gasteiger partial charge in [-0.15, -0.1) is 0 Å². The quantitative estimate of drug-likeness (QED) is 0.727. The molecule has 0 atom stereocenters. The second kappa shape index (κ2) is 8.83. The van der Waals surface area contributed by atoms with Gasteiger partial charge in [0.1, 0.15) is 17.3 Å². The summed E-state index contributed by atoms with van der Waals surface area (Å²) < 4.78 is 56.6. The molecule has 1 heterocycles. The second-order valence-electron chi connectivity index (χ2n) is 6.39. The summed E-state index contributed by atoms with van der Waals surface area (Å²) in [6.07, 6.45) is -2.89. The van der Waals surface area contributed by atoms with Crippen molar-refractivity contribution >= 4 is 5.91 Å². The monoisotopic (exact) mass is 384 g/mol. The minimum atomic E-state index is -4.78. The minimum Gasteiger partial charge on any atom is -0.493 e. The highest BCUT2D eigenvalue weighted by molar-refractivity contribution is 5.92. The molecule has 2 rings (SSSR count). The van der Waals surface area contributed by atoms with Crippen LogP contribution in [0.5, 0.6) is 5.75 Å². The van der Waals surface area contributed by atoms with Gasteiger partial charge in [0, 0.05) is 19.2 Å². The number of hydrogen-bond acceptors (Lipinski definition) is 3. The number of nitrogens with one attached hydrogen (secondary N) is 1. The number of rotatable bonds is 7. The molecule has 0 unspecified atom stereocenters. The molecule has 1 amide bonds. The Balaban J connectivity index is 1.90. The van der Waals surface area contributed by atoms with Crippen molar-refractivity contribution in [2.45, 2.75) is 26.4 Å². The van der Waals surface area contributed by atoms with Crippen LogP contribution in [-0.4, -0.2) is 24.0 Å². The first kappa shape index (κ1) is 20.7. The first-order chi connectivity index (χ1) is 12.7. The van der Waals surface area contributed by atoms with E-state index in [1.807, 2.05) is 13.8 Å². The maximum atomic E-state index is 13.2. The summed E-state index contributed by atoms with van der Waals surface area (Å²) in [5.41, 5.74) is -0.319. The zero-order valence-corrected chi connectivity index (χ0v) is 14.9. The lowest BCUT2D eigenvalue weighted by molar-refractivity contribution is -0.140. The molecule has 0 aliphatic rings. The molecule has 1 aromatic carbocycles. The summed E-state index contributed by atoms with van der Waals surface area (Å²) in [4.78, 5) is 16.0. The molecule has 1 N–H and O–H groups in total. The van der Waals surface area contributed by atoms with Crippen molar-refractivity contribution in [2.75, 3.05) is 13.2 Å². The molecule has 8 heteroatoms. The number of carbonyl (C=O) groups excluding carboxylic acids is 1. The van der Waals surface area contributed by atoms with Crippen LogP contribution < -0.4 is 10.1 Å². The molecule has 0 aliphatic carbocycles. The SMILES string of the molecule is CC(C)CNC(=O)c1ccc(CCOc2ccc(F)c(C(F)(F)F)c2)cn1. The van der Waals surface area contributed by atoms with E-state index in [0.717, 1.165) is 17.7 Å². The molecular weight excluding hydrogens is 364 g/mol. The van der Waals surface area contributed by atoms with Crippen molar-refractivity contribution in [3.05, 3.63) is 59.2 Å². The number of nitrogens with zero attached hydrogens (tertiary/aromatic N) is 1. The maximum Gasteiger partial charge on any atom is 0.419 e. The van der Waals surface area contributed by atoms with Gasteiger partial charge in [0.25, 0.3) is 5.91 Å². The van der Waals surface area contributed by atoms with Crippen LogP contribution in [0.3, 0.4) is 0 Å². The Labute approximate surface area is 154 Å². The zero-order valence-electron chi connectivity index (χ0n) is 14.9. The van der Waals surface area contributed by atoms with Gasteiger partial charge < -0.3 is 10.1 Å². The molecule has 0 aliphatic heterocycles. The summed E-state index contributed by atoms with van der Waals surface area (Å²) in [5.74, 6) is -1.35. The van der Waals surface area contributed by atoms with Crippen molar-refractivity contribution in [3.8, 4) is 5.75 Å². The summed E-state index contributed by atoms with van der Waals surface area (Å²) in [6, 6.07) is 5.78. The first-order valence-corrected chi connectivity index (χ1v) is 8.39. The lowest BCUT2D eigenvalue weighted by Crippen LogP contribution is -2.28. The van der Waals surface area contributed by atoms with E-state index >= 15 is 0 Å². The molecule has 0 fully saturated rings. The number of carbonyl (C=O) groups is 1. The van der Waals surface area contributed by atoms with Crippen LogP contribution in [0.1, 0.15) is 35.5 Å². The number of halogens is 4. The van der Waals surface area contributed by atoms with Crippen LogP contribution in [0.25, 0.3) is 0 Å². The highest BCUT2D eigenvalue weighted by Crippen LogP contribution is 2.33. The molecule has 2 aromatic rings. The molecule has 0 saturated carbocycles. The number of ether oxygens (including phenoxy) is 1. The van der Waals surface area contributed by atoms with Crippen molar-refractivity contribution in [3.63, 3.8) is 0 Å². The molecule has 27 heavy (non-hydrogen) atoms. The van der Waals surface area contributed by atoms with Crippen molar-refractivity contribution in [1.82, 2.24) is 10.3 Å². The number of benzene rings is 1. The largest absolute Gasteiger partial charge is 0.493 e. The van der Waals surface area contributed by atoms with Gasteiger partial charge >= 0.3 is 6.18 Å². The minimum absolute atomic E-state index is 0.0682. The average molecular weight is 384 g/mol. The summed E-state index contributed by atoms with van der Waals surface area (Å²) in [5, 5.41) is 2.76. The molecule has 0 radical (unpaired) electrons. The topological polar surface area (TPSA) is 51.2 Å². The molecular formula is C19H20F4N2O2. The van der Waals surface area contributed by atoms with Gasteiger partial charge in [0.2, 0.25) is 0 Å². The van der Waals surface area contributed by atoms with Gasteiger partial charge in [-0.1, -0.05) is 19.9 Å². The standard InChI is InChI=1S/C19H20F4N2O2/c1-12(2)10-25-18(26)17-6-3-13(11-24-17)7-8-27-14-4-5-16(20)15(9-14)19(21,22)23/h3-6,9,11-12H,7-8,10H2,1-2H3,(H,25,26). The fraction of sp³-hybridized carbons (Fsp3) is 0.368. The van der Waals surface area contributed by atoms with Crippen LogP contribution in [0.15, 0.2) is 36.5 Å². The number of hydrogen-bond donors (Lipinski definition) is 1. The fourth-order valence-electron chi connectivity index (χ4n) is 2.19. The molecule has 146 valence electrons.